The first-order chi connectivity index (χ1) is 8.84. The minimum atomic E-state index is 0.145. The minimum absolute atomic E-state index is 0.145. The summed E-state index contributed by atoms with van der Waals surface area (Å²) >= 11 is 1.66. The molecule has 1 aromatic carbocycles. The van der Waals surface area contributed by atoms with Crippen molar-refractivity contribution in [1.29, 1.82) is 0 Å². The van der Waals surface area contributed by atoms with Gasteiger partial charge in [-0.2, -0.15) is 11.3 Å². The van der Waals surface area contributed by atoms with Gasteiger partial charge in [-0.1, -0.05) is 18.2 Å². The number of para-hydroxylation sites is 1. The SMILES string of the molecule is O=C(CCc1ccsc1)c1coc2ccccc12. The van der Waals surface area contributed by atoms with Gasteiger partial charge in [0.25, 0.3) is 0 Å². The molecule has 3 rings (SSSR count). The molecule has 18 heavy (non-hydrogen) atoms. The Balaban J connectivity index is 1.80. The van der Waals surface area contributed by atoms with Gasteiger partial charge in [0.2, 0.25) is 0 Å². The van der Waals surface area contributed by atoms with E-state index in [-0.39, 0.29) is 5.78 Å². The summed E-state index contributed by atoms with van der Waals surface area (Å²) in [6.45, 7) is 0. The largest absolute Gasteiger partial charge is 0.464 e. The lowest BCUT2D eigenvalue weighted by atomic mass is 10.0. The zero-order valence-electron chi connectivity index (χ0n) is 9.76. The molecular formula is C15H12O2S. The zero-order valence-corrected chi connectivity index (χ0v) is 10.6. The second-order valence-electron chi connectivity index (χ2n) is 4.20. The minimum Gasteiger partial charge on any atom is -0.464 e. The first-order valence-electron chi connectivity index (χ1n) is 5.85. The number of aryl methyl sites for hydroxylation is 1. The fraction of sp³-hybridized carbons (Fsp3) is 0.133. The third-order valence-electron chi connectivity index (χ3n) is 3.00. The van der Waals surface area contributed by atoms with Crippen LogP contribution in [0.5, 0.6) is 0 Å². The standard InChI is InChI=1S/C15H12O2S/c16-14(6-5-11-7-8-18-10-11)13-9-17-15-4-2-1-3-12(13)15/h1-4,7-10H,5-6H2. The summed E-state index contributed by atoms with van der Waals surface area (Å²) in [6, 6.07) is 9.70. The fourth-order valence-electron chi connectivity index (χ4n) is 2.02. The van der Waals surface area contributed by atoms with Crippen LogP contribution in [0.25, 0.3) is 11.0 Å². The first-order valence-corrected chi connectivity index (χ1v) is 6.79. The summed E-state index contributed by atoms with van der Waals surface area (Å²) in [6.07, 6.45) is 2.89. The van der Waals surface area contributed by atoms with Gasteiger partial charge in [-0.05, 0) is 34.9 Å². The van der Waals surface area contributed by atoms with Crippen molar-refractivity contribution >= 4 is 28.1 Å². The number of rotatable bonds is 4. The van der Waals surface area contributed by atoms with Crippen molar-refractivity contribution in [3.63, 3.8) is 0 Å². The number of fused-ring (bicyclic) bond motifs is 1. The monoisotopic (exact) mass is 256 g/mol. The average Bonchev–Trinajstić information content (AvgIpc) is 3.05. The maximum Gasteiger partial charge on any atom is 0.167 e. The van der Waals surface area contributed by atoms with Crippen molar-refractivity contribution < 1.29 is 9.21 Å². The topological polar surface area (TPSA) is 30.2 Å². The number of Topliss-reactive ketones (excluding diaryl/α,β-unsaturated/α-hetero) is 1. The number of benzene rings is 1. The smallest absolute Gasteiger partial charge is 0.167 e. The van der Waals surface area contributed by atoms with Gasteiger partial charge in [-0.25, -0.2) is 0 Å². The number of thiophene rings is 1. The van der Waals surface area contributed by atoms with Gasteiger partial charge in [-0.15, -0.1) is 0 Å². The maximum absolute atomic E-state index is 12.2. The molecule has 3 aromatic rings. The molecule has 2 aromatic heterocycles. The molecule has 0 saturated carbocycles. The number of carbonyl (C=O) groups excluding carboxylic acids is 1. The Hall–Kier alpha value is -1.87. The van der Waals surface area contributed by atoms with Crippen LogP contribution in [0.15, 0.2) is 51.8 Å². The van der Waals surface area contributed by atoms with E-state index in [0.29, 0.717) is 12.0 Å². The summed E-state index contributed by atoms with van der Waals surface area (Å²) in [4.78, 5) is 12.2. The molecule has 0 fully saturated rings. The molecule has 0 aliphatic rings. The highest BCUT2D eigenvalue weighted by molar-refractivity contribution is 7.07. The van der Waals surface area contributed by atoms with Gasteiger partial charge in [0.05, 0.1) is 5.56 Å². The predicted octanol–water partition coefficient (Wildman–Crippen LogP) is 4.31. The Morgan fingerprint density at radius 2 is 2.11 bits per heavy atom. The Morgan fingerprint density at radius 1 is 1.22 bits per heavy atom. The summed E-state index contributed by atoms with van der Waals surface area (Å²) in [5.41, 5.74) is 2.69. The number of hydrogen-bond donors (Lipinski definition) is 0. The number of ketones is 1. The van der Waals surface area contributed by atoms with Gasteiger partial charge in [0.15, 0.2) is 5.78 Å². The van der Waals surface area contributed by atoms with Gasteiger partial charge >= 0.3 is 0 Å². The molecule has 0 bridgehead atoms. The number of hydrogen-bond acceptors (Lipinski definition) is 3. The second-order valence-corrected chi connectivity index (χ2v) is 4.98. The molecule has 0 aliphatic heterocycles. The molecule has 0 atom stereocenters. The van der Waals surface area contributed by atoms with Gasteiger partial charge in [-0.3, -0.25) is 4.79 Å². The summed E-state index contributed by atoms with van der Waals surface area (Å²) in [5, 5.41) is 5.03. The van der Waals surface area contributed by atoms with E-state index in [1.165, 1.54) is 5.56 Å². The predicted molar refractivity (Wildman–Crippen MR) is 73.2 cm³/mol. The molecule has 0 unspecified atom stereocenters. The summed E-state index contributed by atoms with van der Waals surface area (Å²) in [5.74, 6) is 0.145. The van der Waals surface area contributed by atoms with E-state index >= 15 is 0 Å². The Labute approximate surface area is 109 Å². The van der Waals surface area contributed by atoms with E-state index in [1.807, 2.05) is 29.6 Å². The Bertz CT molecular complexity index is 665. The Kier molecular flexibility index (Phi) is 2.99. The first kappa shape index (κ1) is 11.2. The van der Waals surface area contributed by atoms with Crippen LogP contribution in [0.3, 0.4) is 0 Å². The molecule has 2 nitrogen and oxygen atoms in total. The highest BCUT2D eigenvalue weighted by atomic mass is 32.1. The molecule has 0 aliphatic carbocycles. The van der Waals surface area contributed by atoms with Crippen LogP contribution in [0.1, 0.15) is 22.3 Å². The molecule has 0 saturated heterocycles. The van der Waals surface area contributed by atoms with E-state index < -0.39 is 0 Å². The molecular weight excluding hydrogens is 244 g/mol. The third kappa shape index (κ3) is 2.09. The molecule has 3 heteroatoms. The van der Waals surface area contributed by atoms with Crippen molar-refractivity contribution in [3.05, 3.63) is 58.5 Å². The van der Waals surface area contributed by atoms with Crippen LogP contribution in [0, 0.1) is 0 Å². The van der Waals surface area contributed by atoms with Gasteiger partial charge in [0, 0.05) is 11.8 Å². The van der Waals surface area contributed by atoms with Crippen LogP contribution >= 0.6 is 11.3 Å². The van der Waals surface area contributed by atoms with E-state index in [1.54, 1.807) is 17.6 Å². The average molecular weight is 256 g/mol. The molecule has 0 radical (unpaired) electrons. The van der Waals surface area contributed by atoms with Gasteiger partial charge in [0.1, 0.15) is 11.8 Å². The molecule has 0 spiro atoms. The molecule has 90 valence electrons. The fourth-order valence-corrected chi connectivity index (χ4v) is 2.72. The van der Waals surface area contributed by atoms with Crippen LogP contribution < -0.4 is 0 Å². The van der Waals surface area contributed by atoms with E-state index in [4.69, 9.17) is 4.42 Å². The molecule has 2 heterocycles. The number of carbonyl (C=O) groups is 1. The van der Waals surface area contributed by atoms with Crippen LogP contribution in [0.4, 0.5) is 0 Å². The summed E-state index contributed by atoms with van der Waals surface area (Å²) < 4.78 is 5.39. The molecule has 0 amide bonds. The van der Waals surface area contributed by atoms with E-state index in [9.17, 15) is 4.79 Å². The number of furan rings is 1. The Morgan fingerprint density at radius 3 is 2.94 bits per heavy atom. The third-order valence-corrected chi connectivity index (χ3v) is 3.73. The lowest BCUT2D eigenvalue weighted by Crippen LogP contribution is -1.99. The normalized spacial score (nSPS) is 10.9. The zero-order chi connectivity index (χ0) is 12.4. The van der Waals surface area contributed by atoms with Crippen molar-refractivity contribution in [1.82, 2.24) is 0 Å². The van der Waals surface area contributed by atoms with Crippen molar-refractivity contribution in [2.24, 2.45) is 0 Å². The van der Waals surface area contributed by atoms with E-state index in [2.05, 4.69) is 11.4 Å². The van der Waals surface area contributed by atoms with Crippen molar-refractivity contribution in [3.8, 4) is 0 Å². The van der Waals surface area contributed by atoms with E-state index in [0.717, 1.165) is 17.4 Å². The summed E-state index contributed by atoms with van der Waals surface area (Å²) in [7, 11) is 0. The van der Waals surface area contributed by atoms with Crippen LogP contribution in [-0.4, -0.2) is 5.78 Å². The lowest BCUT2D eigenvalue weighted by Gasteiger charge is -1.97. The van der Waals surface area contributed by atoms with Crippen molar-refractivity contribution in [2.45, 2.75) is 12.8 Å². The van der Waals surface area contributed by atoms with Gasteiger partial charge < -0.3 is 4.42 Å². The highest BCUT2D eigenvalue weighted by Gasteiger charge is 2.13. The van der Waals surface area contributed by atoms with Crippen LogP contribution in [-0.2, 0) is 6.42 Å². The quantitative estimate of drug-likeness (QED) is 0.651. The molecule has 0 N–H and O–H groups in total. The second kappa shape index (κ2) is 4.78. The highest BCUT2D eigenvalue weighted by Crippen LogP contribution is 2.22. The lowest BCUT2D eigenvalue weighted by molar-refractivity contribution is 0.0983. The van der Waals surface area contributed by atoms with Crippen LogP contribution in [0.2, 0.25) is 0 Å². The van der Waals surface area contributed by atoms with Crippen molar-refractivity contribution in [2.75, 3.05) is 0 Å². The maximum atomic E-state index is 12.2.